The standard InChI is InChI=1S/C18H17N7/c1-12-11-18(25(23-12)13-7-3-2-4-8-13)22-16(19)21-17-20-14-9-5-6-10-15(14)24(17)18/h2-10H,11H2,1H3,(H3,19,20,21,22). The van der Waals surface area contributed by atoms with Crippen molar-refractivity contribution in [1.29, 1.82) is 0 Å². The van der Waals surface area contributed by atoms with E-state index in [9.17, 15) is 0 Å². The molecular weight excluding hydrogens is 314 g/mol. The van der Waals surface area contributed by atoms with E-state index in [1.54, 1.807) is 0 Å². The Morgan fingerprint density at radius 2 is 1.84 bits per heavy atom. The van der Waals surface area contributed by atoms with E-state index in [0.717, 1.165) is 22.4 Å². The summed E-state index contributed by atoms with van der Waals surface area (Å²) in [7, 11) is 0. The number of hydrogen-bond donors (Lipinski definition) is 2. The summed E-state index contributed by atoms with van der Waals surface area (Å²) in [4.78, 5) is 9.49. The smallest absolute Gasteiger partial charge is 0.244 e. The zero-order valence-corrected chi connectivity index (χ0v) is 13.7. The van der Waals surface area contributed by atoms with Gasteiger partial charge in [0.25, 0.3) is 0 Å². The van der Waals surface area contributed by atoms with E-state index >= 15 is 0 Å². The van der Waals surface area contributed by atoms with Gasteiger partial charge in [-0.2, -0.15) is 5.10 Å². The molecule has 3 N–H and O–H groups in total. The molecule has 124 valence electrons. The van der Waals surface area contributed by atoms with E-state index in [-0.39, 0.29) is 0 Å². The zero-order chi connectivity index (χ0) is 17.0. The zero-order valence-electron chi connectivity index (χ0n) is 13.7. The summed E-state index contributed by atoms with van der Waals surface area (Å²) >= 11 is 0. The molecule has 25 heavy (non-hydrogen) atoms. The van der Waals surface area contributed by atoms with E-state index in [0.29, 0.717) is 18.3 Å². The van der Waals surface area contributed by atoms with Crippen LogP contribution in [-0.2, 0) is 5.79 Å². The van der Waals surface area contributed by atoms with Crippen LogP contribution in [0.4, 0.5) is 11.6 Å². The topological polar surface area (TPSA) is 83.8 Å². The van der Waals surface area contributed by atoms with Crippen LogP contribution in [0.5, 0.6) is 0 Å². The molecule has 7 nitrogen and oxygen atoms in total. The highest BCUT2D eigenvalue weighted by Gasteiger charge is 2.48. The number of hydrogen-bond acceptors (Lipinski definition) is 6. The number of aliphatic imine (C=N–C) groups is 1. The Morgan fingerprint density at radius 1 is 1.08 bits per heavy atom. The van der Waals surface area contributed by atoms with E-state index in [1.165, 1.54) is 0 Å². The highest BCUT2D eigenvalue weighted by Crippen LogP contribution is 2.43. The fourth-order valence-electron chi connectivity index (χ4n) is 3.66. The van der Waals surface area contributed by atoms with Crippen molar-refractivity contribution in [2.24, 2.45) is 15.8 Å². The first kappa shape index (κ1) is 14.0. The Bertz CT molecular complexity index is 1030. The second kappa shape index (κ2) is 4.83. The molecule has 1 unspecified atom stereocenters. The molecule has 2 aliphatic rings. The molecule has 1 atom stereocenters. The average Bonchev–Trinajstić information content (AvgIpc) is 3.13. The first-order valence-corrected chi connectivity index (χ1v) is 8.17. The number of fused-ring (bicyclic) bond motifs is 4. The molecule has 0 saturated carbocycles. The Morgan fingerprint density at radius 3 is 2.68 bits per heavy atom. The molecule has 0 amide bonds. The van der Waals surface area contributed by atoms with Gasteiger partial charge in [0.1, 0.15) is 0 Å². The second-order valence-electron chi connectivity index (χ2n) is 6.32. The molecule has 2 aliphatic heterocycles. The van der Waals surface area contributed by atoms with Crippen molar-refractivity contribution >= 4 is 34.3 Å². The maximum absolute atomic E-state index is 6.12. The molecule has 1 aromatic heterocycles. The van der Waals surface area contributed by atoms with Crippen molar-refractivity contribution in [2.75, 3.05) is 10.3 Å². The number of guanidine groups is 1. The summed E-state index contributed by atoms with van der Waals surface area (Å²) in [6.07, 6.45) is 0.637. The predicted molar refractivity (Wildman–Crippen MR) is 99.6 cm³/mol. The quantitative estimate of drug-likeness (QED) is 0.718. The largest absolute Gasteiger partial charge is 0.369 e. The minimum Gasteiger partial charge on any atom is -0.369 e. The number of aromatic nitrogens is 2. The fraction of sp³-hybridized carbons (Fsp3) is 0.167. The lowest BCUT2D eigenvalue weighted by Crippen LogP contribution is -2.50. The van der Waals surface area contributed by atoms with Gasteiger partial charge in [-0.05, 0) is 31.2 Å². The van der Waals surface area contributed by atoms with Crippen LogP contribution < -0.4 is 16.1 Å². The van der Waals surface area contributed by atoms with Gasteiger partial charge in [0, 0.05) is 5.71 Å². The lowest BCUT2D eigenvalue weighted by atomic mass is 10.1. The SMILES string of the molecule is CC1=NN(c2ccccc2)C2(C1)N=C(N)Nc1nc3ccccc3n12. The first-order valence-electron chi connectivity index (χ1n) is 8.17. The van der Waals surface area contributed by atoms with Crippen LogP contribution in [0.15, 0.2) is 64.7 Å². The molecule has 0 saturated heterocycles. The van der Waals surface area contributed by atoms with Crippen LogP contribution >= 0.6 is 0 Å². The van der Waals surface area contributed by atoms with Crippen molar-refractivity contribution in [3.05, 3.63) is 54.6 Å². The molecule has 0 aliphatic carbocycles. The highest BCUT2D eigenvalue weighted by atomic mass is 15.7. The highest BCUT2D eigenvalue weighted by molar-refractivity contribution is 5.97. The third-order valence-electron chi connectivity index (χ3n) is 4.56. The van der Waals surface area contributed by atoms with Gasteiger partial charge in [-0.25, -0.2) is 15.0 Å². The molecule has 0 fully saturated rings. The Labute approximate surface area is 144 Å². The van der Waals surface area contributed by atoms with Gasteiger partial charge in [0.15, 0.2) is 5.96 Å². The maximum Gasteiger partial charge on any atom is 0.244 e. The number of nitrogens with two attached hydrogens (primary N) is 1. The Kier molecular flexibility index (Phi) is 2.71. The number of nitrogens with zero attached hydrogens (tertiary/aromatic N) is 5. The summed E-state index contributed by atoms with van der Waals surface area (Å²) in [6.45, 7) is 2.01. The van der Waals surface area contributed by atoms with Crippen LogP contribution in [0.3, 0.4) is 0 Å². The van der Waals surface area contributed by atoms with Crippen molar-refractivity contribution in [3.63, 3.8) is 0 Å². The molecule has 5 rings (SSSR count). The van der Waals surface area contributed by atoms with Crippen molar-refractivity contribution < 1.29 is 0 Å². The lowest BCUT2D eigenvalue weighted by molar-refractivity contribution is 0.322. The summed E-state index contributed by atoms with van der Waals surface area (Å²) in [5, 5.41) is 9.79. The summed E-state index contributed by atoms with van der Waals surface area (Å²) < 4.78 is 2.09. The Balaban J connectivity index is 1.81. The average molecular weight is 331 g/mol. The summed E-state index contributed by atoms with van der Waals surface area (Å²) in [5.74, 6) is 0.236. The fourth-order valence-corrected chi connectivity index (χ4v) is 3.66. The van der Waals surface area contributed by atoms with Crippen molar-refractivity contribution in [1.82, 2.24) is 9.55 Å². The van der Waals surface area contributed by atoms with Gasteiger partial charge < -0.3 is 5.73 Å². The number of nitrogens with one attached hydrogen (secondary N) is 1. The van der Waals surface area contributed by atoms with Crippen LogP contribution in [-0.4, -0.2) is 21.2 Å². The van der Waals surface area contributed by atoms with Gasteiger partial charge in [0.05, 0.1) is 23.1 Å². The lowest BCUT2D eigenvalue weighted by Gasteiger charge is -2.39. The number of para-hydroxylation sites is 3. The number of imidazole rings is 1. The third-order valence-corrected chi connectivity index (χ3v) is 4.56. The molecule has 3 aromatic rings. The number of hydrazone groups is 1. The van der Waals surface area contributed by atoms with Crippen LogP contribution in [0.2, 0.25) is 0 Å². The van der Waals surface area contributed by atoms with Gasteiger partial charge in [-0.1, -0.05) is 30.3 Å². The number of benzene rings is 2. The molecule has 0 radical (unpaired) electrons. The molecule has 0 bridgehead atoms. The maximum atomic E-state index is 6.12. The van der Waals surface area contributed by atoms with E-state index in [1.807, 2.05) is 66.5 Å². The first-order chi connectivity index (χ1) is 12.2. The summed E-state index contributed by atoms with van der Waals surface area (Å²) in [6, 6.07) is 18.0. The number of rotatable bonds is 1. The monoisotopic (exact) mass is 331 g/mol. The van der Waals surface area contributed by atoms with Gasteiger partial charge in [-0.3, -0.25) is 9.88 Å². The predicted octanol–water partition coefficient (Wildman–Crippen LogP) is 2.67. The number of anilines is 2. The van der Waals surface area contributed by atoms with Gasteiger partial charge >= 0.3 is 0 Å². The third kappa shape index (κ3) is 1.89. The van der Waals surface area contributed by atoms with E-state index in [4.69, 9.17) is 15.8 Å². The minimum atomic E-state index is -0.786. The Hall–Kier alpha value is -3.35. The second-order valence-corrected chi connectivity index (χ2v) is 6.32. The van der Waals surface area contributed by atoms with Crippen LogP contribution in [0.25, 0.3) is 11.0 Å². The molecule has 7 heteroatoms. The molecule has 1 spiro atoms. The van der Waals surface area contributed by atoms with E-state index in [2.05, 4.69) is 14.9 Å². The van der Waals surface area contributed by atoms with Crippen LogP contribution in [0, 0.1) is 0 Å². The van der Waals surface area contributed by atoms with E-state index < -0.39 is 5.79 Å². The van der Waals surface area contributed by atoms with Crippen molar-refractivity contribution in [3.8, 4) is 0 Å². The van der Waals surface area contributed by atoms with Gasteiger partial charge in [-0.15, -0.1) is 0 Å². The minimum absolute atomic E-state index is 0.341. The normalized spacial score (nSPS) is 21.9. The molecule has 3 heterocycles. The van der Waals surface area contributed by atoms with Gasteiger partial charge in [0.2, 0.25) is 11.7 Å². The van der Waals surface area contributed by atoms with Crippen LogP contribution in [0.1, 0.15) is 13.3 Å². The summed E-state index contributed by atoms with van der Waals surface area (Å²) in [5.41, 5.74) is 9.96. The van der Waals surface area contributed by atoms with Crippen molar-refractivity contribution in [2.45, 2.75) is 19.1 Å². The molecular formula is C18H17N7. The molecule has 2 aromatic carbocycles.